The standard InChI is InChI=1S/C16H6F6O2S3/c17-15(18,19)13(23)11-5-3-9(26-11)7-1-2-8(25-7)10-4-6-12(27-10)14(24)16(20,21)22/h1-6H. The number of rotatable bonds is 4. The van der Waals surface area contributed by atoms with Crippen LogP contribution >= 0.6 is 34.0 Å². The number of hydrogen-bond acceptors (Lipinski definition) is 5. The van der Waals surface area contributed by atoms with Gasteiger partial charge in [0.15, 0.2) is 0 Å². The van der Waals surface area contributed by atoms with Crippen molar-refractivity contribution in [3.63, 3.8) is 0 Å². The van der Waals surface area contributed by atoms with E-state index in [2.05, 4.69) is 0 Å². The Hall–Kier alpha value is -1.98. The third-order valence-electron chi connectivity index (χ3n) is 3.27. The monoisotopic (exact) mass is 440 g/mol. The molecule has 0 aliphatic heterocycles. The smallest absolute Gasteiger partial charge is 0.283 e. The summed E-state index contributed by atoms with van der Waals surface area (Å²) in [6.07, 6.45) is -9.91. The zero-order chi connectivity index (χ0) is 20.0. The minimum Gasteiger partial charge on any atom is -0.283 e. The number of carbonyl (C=O) groups is 2. The Labute approximate surface area is 159 Å². The molecule has 0 saturated carbocycles. The van der Waals surface area contributed by atoms with Gasteiger partial charge in [0, 0.05) is 19.5 Å². The number of hydrogen-bond donors (Lipinski definition) is 0. The third kappa shape index (κ3) is 4.14. The highest BCUT2D eigenvalue weighted by molar-refractivity contribution is 7.27. The van der Waals surface area contributed by atoms with Gasteiger partial charge in [0.05, 0.1) is 9.75 Å². The lowest BCUT2D eigenvalue weighted by Gasteiger charge is -2.01. The molecule has 0 aliphatic carbocycles. The number of alkyl halides is 6. The zero-order valence-corrected chi connectivity index (χ0v) is 15.2. The van der Waals surface area contributed by atoms with Crippen LogP contribution in [0.4, 0.5) is 26.3 Å². The van der Waals surface area contributed by atoms with Crippen LogP contribution in [-0.2, 0) is 0 Å². The summed E-state index contributed by atoms with van der Waals surface area (Å²) >= 11 is 2.51. The van der Waals surface area contributed by atoms with Crippen molar-refractivity contribution in [1.82, 2.24) is 0 Å². The van der Waals surface area contributed by atoms with Crippen molar-refractivity contribution < 1.29 is 35.9 Å². The molecular weight excluding hydrogens is 434 g/mol. The maximum absolute atomic E-state index is 12.5. The van der Waals surface area contributed by atoms with Crippen LogP contribution in [0.15, 0.2) is 36.4 Å². The summed E-state index contributed by atoms with van der Waals surface area (Å²) in [6, 6.07) is 8.12. The van der Waals surface area contributed by atoms with E-state index in [-0.39, 0.29) is 0 Å². The predicted molar refractivity (Wildman–Crippen MR) is 91.7 cm³/mol. The first-order chi connectivity index (χ1) is 12.5. The van der Waals surface area contributed by atoms with Crippen LogP contribution in [-0.4, -0.2) is 23.9 Å². The lowest BCUT2D eigenvalue weighted by molar-refractivity contribution is -0.0885. The molecule has 0 spiro atoms. The molecule has 3 rings (SSSR count). The highest BCUT2D eigenvalue weighted by Crippen LogP contribution is 2.41. The Kier molecular flexibility index (Phi) is 5.04. The van der Waals surface area contributed by atoms with E-state index < -0.39 is 33.7 Å². The molecule has 0 radical (unpaired) electrons. The number of Topliss-reactive ketones (excluding diaryl/α,β-unsaturated/α-hetero) is 2. The lowest BCUT2D eigenvalue weighted by atomic mass is 10.3. The highest BCUT2D eigenvalue weighted by Gasteiger charge is 2.41. The Bertz CT molecular complexity index is 927. The molecule has 3 heterocycles. The minimum atomic E-state index is -4.96. The molecule has 0 N–H and O–H groups in total. The quantitative estimate of drug-likeness (QED) is 0.334. The molecule has 3 aromatic rings. The molecule has 0 unspecified atom stereocenters. The first kappa shape index (κ1) is 19.8. The van der Waals surface area contributed by atoms with Crippen molar-refractivity contribution in [2.24, 2.45) is 0 Å². The number of carbonyl (C=O) groups excluding carboxylic acids is 2. The highest BCUT2D eigenvalue weighted by atomic mass is 32.1. The van der Waals surface area contributed by atoms with E-state index in [1.165, 1.54) is 12.1 Å². The van der Waals surface area contributed by atoms with Gasteiger partial charge in [0.25, 0.3) is 11.6 Å². The second-order valence-electron chi connectivity index (χ2n) is 5.15. The number of thiophene rings is 3. The van der Waals surface area contributed by atoms with E-state index in [1.54, 1.807) is 12.1 Å². The van der Waals surface area contributed by atoms with E-state index in [9.17, 15) is 35.9 Å². The third-order valence-corrected chi connectivity index (χ3v) is 6.91. The first-order valence-corrected chi connectivity index (χ1v) is 9.45. The summed E-state index contributed by atoms with van der Waals surface area (Å²) in [6.45, 7) is 0. The lowest BCUT2D eigenvalue weighted by Crippen LogP contribution is -2.21. The number of ketones is 2. The van der Waals surface area contributed by atoms with Crippen molar-refractivity contribution in [1.29, 1.82) is 0 Å². The van der Waals surface area contributed by atoms with Gasteiger partial charge < -0.3 is 0 Å². The Morgan fingerprint density at radius 2 is 0.852 bits per heavy atom. The summed E-state index contributed by atoms with van der Waals surface area (Å²) in [5, 5.41) is 0. The molecule has 0 bridgehead atoms. The fraction of sp³-hybridized carbons (Fsp3) is 0.125. The van der Waals surface area contributed by atoms with Crippen LogP contribution in [0.2, 0.25) is 0 Å². The van der Waals surface area contributed by atoms with Crippen molar-refractivity contribution in [3.8, 4) is 19.5 Å². The molecule has 2 nitrogen and oxygen atoms in total. The van der Waals surface area contributed by atoms with E-state index >= 15 is 0 Å². The molecule has 0 aliphatic rings. The van der Waals surface area contributed by atoms with Gasteiger partial charge in [-0.15, -0.1) is 34.0 Å². The van der Waals surface area contributed by atoms with Gasteiger partial charge in [0.2, 0.25) is 0 Å². The largest absolute Gasteiger partial charge is 0.455 e. The van der Waals surface area contributed by atoms with Gasteiger partial charge in [-0.3, -0.25) is 9.59 Å². The Morgan fingerprint density at radius 1 is 0.556 bits per heavy atom. The van der Waals surface area contributed by atoms with Gasteiger partial charge in [-0.25, -0.2) is 0 Å². The van der Waals surface area contributed by atoms with Crippen LogP contribution in [0.3, 0.4) is 0 Å². The van der Waals surface area contributed by atoms with Gasteiger partial charge in [0.1, 0.15) is 0 Å². The average Bonchev–Trinajstić information content (AvgIpc) is 3.29. The molecule has 27 heavy (non-hydrogen) atoms. The molecule has 142 valence electrons. The molecular formula is C16H6F6O2S3. The van der Waals surface area contributed by atoms with Crippen LogP contribution in [0.5, 0.6) is 0 Å². The van der Waals surface area contributed by atoms with Gasteiger partial charge in [-0.05, 0) is 36.4 Å². The predicted octanol–water partition coefficient (Wildman–Crippen LogP) is 6.70. The summed E-state index contributed by atoms with van der Waals surface area (Å²) in [5.41, 5.74) is 0. The molecule has 11 heteroatoms. The molecule has 0 aromatic carbocycles. The average molecular weight is 440 g/mol. The SMILES string of the molecule is O=C(c1ccc(-c2ccc(-c3ccc(C(=O)C(F)(F)F)s3)s2)s1)C(F)(F)F. The molecule has 0 fully saturated rings. The normalized spacial score (nSPS) is 12.4. The maximum atomic E-state index is 12.5. The topological polar surface area (TPSA) is 34.1 Å². The Morgan fingerprint density at radius 3 is 1.19 bits per heavy atom. The summed E-state index contributed by atoms with van der Waals surface area (Å²) in [7, 11) is 0. The second kappa shape index (κ2) is 6.88. The molecule has 0 atom stereocenters. The van der Waals surface area contributed by atoms with E-state index in [0.29, 0.717) is 42.2 Å². The fourth-order valence-electron chi connectivity index (χ4n) is 2.07. The van der Waals surface area contributed by atoms with Crippen LogP contribution in [0.1, 0.15) is 19.3 Å². The van der Waals surface area contributed by atoms with Gasteiger partial charge in [-0.1, -0.05) is 0 Å². The van der Waals surface area contributed by atoms with Crippen LogP contribution in [0.25, 0.3) is 19.5 Å². The fourth-order valence-corrected chi connectivity index (χ4v) is 5.19. The first-order valence-electron chi connectivity index (χ1n) is 7.00. The minimum absolute atomic E-state index is 0.432. The second-order valence-corrected chi connectivity index (χ2v) is 8.40. The number of halogens is 6. The summed E-state index contributed by atoms with van der Waals surface area (Å²) in [5.74, 6) is -3.85. The summed E-state index contributed by atoms with van der Waals surface area (Å²) in [4.78, 5) is 23.6. The van der Waals surface area contributed by atoms with Crippen molar-refractivity contribution >= 4 is 45.6 Å². The van der Waals surface area contributed by atoms with Crippen molar-refractivity contribution in [2.75, 3.05) is 0 Å². The van der Waals surface area contributed by atoms with Gasteiger partial charge in [-0.2, -0.15) is 26.3 Å². The van der Waals surface area contributed by atoms with E-state index in [1.807, 2.05) is 0 Å². The van der Waals surface area contributed by atoms with Crippen molar-refractivity contribution in [3.05, 3.63) is 46.2 Å². The molecule has 0 saturated heterocycles. The molecule has 3 aromatic heterocycles. The zero-order valence-electron chi connectivity index (χ0n) is 12.8. The van der Waals surface area contributed by atoms with Crippen molar-refractivity contribution in [2.45, 2.75) is 12.4 Å². The maximum Gasteiger partial charge on any atom is 0.455 e. The van der Waals surface area contributed by atoms with E-state index in [0.717, 1.165) is 23.5 Å². The summed E-state index contributed by atoms with van der Waals surface area (Å²) < 4.78 is 74.9. The molecule has 0 amide bonds. The Balaban J connectivity index is 1.84. The van der Waals surface area contributed by atoms with Crippen LogP contribution in [0, 0.1) is 0 Å². The van der Waals surface area contributed by atoms with Crippen LogP contribution < -0.4 is 0 Å². The van der Waals surface area contributed by atoms with E-state index in [4.69, 9.17) is 0 Å². The van der Waals surface area contributed by atoms with Gasteiger partial charge >= 0.3 is 12.4 Å².